The van der Waals surface area contributed by atoms with Gasteiger partial charge in [-0.05, 0) is 49.2 Å². The molecule has 0 saturated carbocycles. The molecule has 2 N–H and O–H groups in total. The lowest BCUT2D eigenvalue weighted by atomic mass is 9.98. The van der Waals surface area contributed by atoms with Crippen molar-refractivity contribution in [2.24, 2.45) is 0 Å². The number of carbonyl (C=O) groups excluding carboxylic acids is 1. The lowest BCUT2D eigenvalue weighted by Gasteiger charge is -2.14. The van der Waals surface area contributed by atoms with E-state index >= 15 is 0 Å². The lowest BCUT2D eigenvalue weighted by molar-refractivity contribution is -0.117. The van der Waals surface area contributed by atoms with Gasteiger partial charge in [0, 0.05) is 18.1 Å². The number of anilines is 1. The van der Waals surface area contributed by atoms with E-state index in [4.69, 9.17) is 4.74 Å². The Morgan fingerprint density at radius 3 is 2.76 bits per heavy atom. The first-order valence-corrected chi connectivity index (χ1v) is 7.92. The monoisotopic (exact) mass is 338 g/mol. The molecule has 25 heavy (non-hydrogen) atoms. The number of nitrogens with zero attached hydrogens (tertiary/aromatic N) is 4. The molecule has 1 aromatic carbocycles. The van der Waals surface area contributed by atoms with Crippen LogP contribution in [-0.4, -0.2) is 38.1 Å². The molecule has 0 aliphatic rings. The van der Waals surface area contributed by atoms with Crippen LogP contribution >= 0.6 is 0 Å². The molecule has 8 nitrogen and oxygen atoms in total. The Morgan fingerprint density at radius 2 is 2.12 bits per heavy atom. The molecule has 3 rings (SSSR count). The maximum Gasteiger partial charge on any atom is 0.235 e. The third-order valence-corrected chi connectivity index (χ3v) is 3.59. The van der Waals surface area contributed by atoms with E-state index in [1.54, 1.807) is 24.5 Å². The largest absolute Gasteiger partial charge is 0.494 e. The van der Waals surface area contributed by atoms with Crippen molar-refractivity contribution in [2.45, 2.75) is 19.3 Å². The number of aromatic nitrogens is 5. The van der Waals surface area contributed by atoms with Crippen LogP contribution in [0.2, 0.25) is 0 Å². The summed E-state index contributed by atoms with van der Waals surface area (Å²) in [6.07, 6.45) is 3.83. The van der Waals surface area contributed by atoms with Crippen molar-refractivity contribution in [1.29, 1.82) is 0 Å². The van der Waals surface area contributed by atoms with E-state index in [2.05, 4.69) is 30.9 Å². The number of aromatic amines is 1. The van der Waals surface area contributed by atoms with Gasteiger partial charge in [-0.2, -0.15) is 5.21 Å². The van der Waals surface area contributed by atoms with Crippen LogP contribution in [0.5, 0.6) is 5.75 Å². The van der Waals surface area contributed by atoms with Gasteiger partial charge in [0.25, 0.3) is 0 Å². The quantitative estimate of drug-likeness (QED) is 0.682. The molecule has 2 heterocycles. The normalized spacial score (nSPS) is 11.7. The number of carbonyl (C=O) groups is 1. The summed E-state index contributed by atoms with van der Waals surface area (Å²) in [5, 5.41) is 16.8. The third-order valence-electron chi connectivity index (χ3n) is 3.59. The molecule has 128 valence electrons. The zero-order valence-electron chi connectivity index (χ0n) is 13.7. The summed E-state index contributed by atoms with van der Waals surface area (Å²) in [4.78, 5) is 16.8. The minimum atomic E-state index is -0.575. The number of hydrogen-bond acceptors (Lipinski definition) is 6. The van der Waals surface area contributed by atoms with E-state index in [9.17, 15) is 4.79 Å². The Balaban J connectivity index is 1.75. The van der Waals surface area contributed by atoms with Gasteiger partial charge in [0.2, 0.25) is 5.91 Å². The highest BCUT2D eigenvalue weighted by atomic mass is 16.5. The van der Waals surface area contributed by atoms with Crippen molar-refractivity contribution in [3.8, 4) is 5.75 Å². The van der Waals surface area contributed by atoms with Gasteiger partial charge in [0.15, 0.2) is 5.82 Å². The van der Waals surface area contributed by atoms with Crippen LogP contribution < -0.4 is 10.1 Å². The molecular formula is C17H18N6O2. The second-order valence-electron chi connectivity index (χ2n) is 5.33. The number of ether oxygens (including phenoxy) is 1. The Kier molecular flexibility index (Phi) is 5.30. The molecule has 0 radical (unpaired) electrons. The van der Waals surface area contributed by atoms with Gasteiger partial charge < -0.3 is 10.1 Å². The first kappa shape index (κ1) is 16.6. The number of H-pyrrole nitrogens is 1. The number of hydrogen-bond donors (Lipinski definition) is 2. The van der Waals surface area contributed by atoms with Crippen molar-refractivity contribution in [3.63, 3.8) is 0 Å². The second-order valence-corrected chi connectivity index (χ2v) is 5.33. The number of rotatable bonds is 7. The minimum Gasteiger partial charge on any atom is -0.494 e. The summed E-state index contributed by atoms with van der Waals surface area (Å²) in [5.41, 5.74) is 1.59. The molecular weight excluding hydrogens is 320 g/mol. The topological polar surface area (TPSA) is 106 Å². The molecule has 3 aromatic rings. The van der Waals surface area contributed by atoms with Crippen molar-refractivity contribution < 1.29 is 9.53 Å². The summed E-state index contributed by atoms with van der Waals surface area (Å²) >= 11 is 0. The van der Waals surface area contributed by atoms with Gasteiger partial charge >= 0.3 is 0 Å². The Hall–Kier alpha value is -3.29. The van der Waals surface area contributed by atoms with Crippen molar-refractivity contribution in [3.05, 3.63) is 60.2 Å². The third kappa shape index (κ3) is 4.37. The lowest BCUT2D eigenvalue weighted by Crippen LogP contribution is -2.24. The van der Waals surface area contributed by atoms with Crippen LogP contribution in [0.25, 0.3) is 0 Å². The van der Waals surface area contributed by atoms with E-state index < -0.39 is 5.92 Å². The average molecular weight is 338 g/mol. The number of amides is 1. The summed E-state index contributed by atoms with van der Waals surface area (Å²) < 4.78 is 5.40. The summed E-state index contributed by atoms with van der Waals surface area (Å²) in [6, 6.07) is 10.9. The van der Waals surface area contributed by atoms with Crippen LogP contribution in [0.15, 0.2) is 48.8 Å². The number of nitrogens with one attached hydrogen (secondary N) is 2. The molecule has 0 spiro atoms. The molecule has 0 saturated heterocycles. The highest BCUT2D eigenvalue weighted by Crippen LogP contribution is 2.21. The molecule has 0 fully saturated rings. The van der Waals surface area contributed by atoms with Crippen LogP contribution in [0, 0.1) is 0 Å². The van der Waals surface area contributed by atoms with E-state index in [1.807, 2.05) is 31.2 Å². The van der Waals surface area contributed by atoms with Gasteiger partial charge in [-0.15, -0.1) is 10.2 Å². The molecule has 0 aliphatic heterocycles. The van der Waals surface area contributed by atoms with E-state index in [1.165, 1.54) is 0 Å². The minimum absolute atomic E-state index is 0.214. The second kappa shape index (κ2) is 8.00. The van der Waals surface area contributed by atoms with Crippen molar-refractivity contribution >= 4 is 11.6 Å². The van der Waals surface area contributed by atoms with Crippen molar-refractivity contribution in [2.75, 3.05) is 11.9 Å². The van der Waals surface area contributed by atoms with Crippen molar-refractivity contribution in [1.82, 2.24) is 25.6 Å². The standard InChI is InChI=1S/C17H18N6O2/c1-2-25-14-7-5-13(6-8-14)19-17(24)15(16-20-22-23-21-16)10-12-4-3-9-18-11-12/h3-9,11,15H,2,10H2,1H3,(H,19,24)(H,20,21,22,23)/t15-/m0/s1. The predicted molar refractivity (Wildman–Crippen MR) is 91.1 cm³/mol. The number of benzene rings is 1. The van der Waals surface area contributed by atoms with E-state index in [0.717, 1.165) is 11.3 Å². The Labute approximate surface area is 144 Å². The zero-order chi connectivity index (χ0) is 17.5. The van der Waals surface area contributed by atoms with Crippen LogP contribution in [0.1, 0.15) is 24.2 Å². The molecule has 2 aromatic heterocycles. The molecule has 0 bridgehead atoms. The highest BCUT2D eigenvalue weighted by molar-refractivity contribution is 5.95. The Bertz CT molecular complexity index is 790. The number of tetrazole rings is 1. The zero-order valence-corrected chi connectivity index (χ0v) is 13.7. The van der Waals surface area contributed by atoms with Gasteiger partial charge in [-0.1, -0.05) is 11.3 Å². The fraction of sp³-hybridized carbons (Fsp3) is 0.235. The molecule has 1 amide bonds. The summed E-state index contributed by atoms with van der Waals surface area (Å²) in [6.45, 7) is 2.51. The molecule has 8 heteroatoms. The predicted octanol–water partition coefficient (Wildman–Crippen LogP) is 1.96. The molecule has 0 unspecified atom stereocenters. The maximum absolute atomic E-state index is 12.7. The van der Waals surface area contributed by atoms with Crippen LogP contribution in [-0.2, 0) is 11.2 Å². The van der Waals surface area contributed by atoms with Crippen LogP contribution in [0.4, 0.5) is 5.69 Å². The van der Waals surface area contributed by atoms with Gasteiger partial charge in [-0.25, -0.2) is 0 Å². The van der Waals surface area contributed by atoms with E-state index in [0.29, 0.717) is 24.5 Å². The summed E-state index contributed by atoms with van der Waals surface area (Å²) in [5.74, 6) is 0.307. The summed E-state index contributed by atoms with van der Waals surface area (Å²) in [7, 11) is 0. The number of pyridine rings is 1. The SMILES string of the molecule is CCOc1ccc(NC(=O)[C@@H](Cc2cccnc2)c2nn[nH]n2)cc1. The Morgan fingerprint density at radius 1 is 1.28 bits per heavy atom. The van der Waals surface area contributed by atoms with Gasteiger partial charge in [0.05, 0.1) is 6.61 Å². The van der Waals surface area contributed by atoms with E-state index in [-0.39, 0.29) is 5.91 Å². The first-order valence-electron chi connectivity index (χ1n) is 7.92. The molecule has 1 atom stereocenters. The molecule has 0 aliphatic carbocycles. The van der Waals surface area contributed by atoms with Gasteiger partial charge in [-0.3, -0.25) is 9.78 Å². The smallest absolute Gasteiger partial charge is 0.235 e. The first-order chi connectivity index (χ1) is 12.3. The van der Waals surface area contributed by atoms with Crippen LogP contribution in [0.3, 0.4) is 0 Å². The fourth-order valence-electron chi connectivity index (χ4n) is 2.40. The maximum atomic E-state index is 12.7. The van der Waals surface area contributed by atoms with Gasteiger partial charge in [0.1, 0.15) is 11.7 Å². The average Bonchev–Trinajstić information content (AvgIpc) is 3.17. The highest BCUT2D eigenvalue weighted by Gasteiger charge is 2.25. The fourth-order valence-corrected chi connectivity index (χ4v) is 2.40.